The number of rotatable bonds is 5. The van der Waals surface area contributed by atoms with Crippen LogP contribution in [0.3, 0.4) is 0 Å². The minimum absolute atomic E-state index is 0. The predicted molar refractivity (Wildman–Crippen MR) is 170 cm³/mol. The van der Waals surface area contributed by atoms with Crippen LogP contribution in [0.2, 0.25) is 0 Å². The molecule has 1 unspecified atom stereocenters. The minimum atomic E-state index is 0. The Morgan fingerprint density at radius 2 is 1.40 bits per heavy atom. The summed E-state index contributed by atoms with van der Waals surface area (Å²) in [7, 11) is 0. The van der Waals surface area contributed by atoms with Crippen molar-refractivity contribution in [3.63, 3.8) is 0 Å². The molecule has 42 heavy (non-hydrogen) atoms. The summed E-state index contributed by atoms with van der Waals surface area (Å²) >= 11 is 0. The van der Waals surface area contributed by atoms with Crippen molar-refractivity contribution in [3.05, 3.63) is 157 Å². The molecule has 0 spiro atoms. The molecule has 3 nitrogen and oxygen atoms in total. The fourth-order valence-electron chi connectivity index (χ4n) is 5.35. The normalized spacial score (nSPS) is 11.4. The number of para-hydroxylation sites is 1. The molecule has 0 bridgehead atoms. The molecule has 7 rings (SSSR count). The number of hydrogen-bond donors (Lipinski definition) is 0. The summed E-state index contributed by atoms with van der Waals surface area (Å²) in [5, 5.41) is 2.55. The molecule has 209 valence electrons. The van der Waals surface area contributed by atoms with E-state index in [-0.39, 0.29) is 20.1 Å². The molecule has 0 aliphatic carbocycles. The molecule has 0 fully saturated rings. The molecule has 4 heteroatoms. The van der Waals surface area contributed by atoms with Gasteiger partial charge in [0.05, 0.1) is 0 Å². The Labute approximate surface area is 261 Å². The quantitative estimate of drug-likeness (QED) is 0.166. The smallest absolute Gasteiger partial charge is 0.0391 e. The summed E-state index contributed by atoms with van der Waals surface area (Å²) in [4.78, 5) is 8.88. The van der Waals surface area contributed by atoms with Crippen molar-refractivity contribution < 1.29 is 20.1 Å². The van der Waals surface area contributed by atoms with Crippen LogP contribution in [0.1, 0.15) is 30.9 Å². The molecule has 4 aromatic carbocycles. The topological polar surface area (TPSA) is 30.7 Å². The van der Waals surface area contributed by atoms with Crippen molar-refractivity contribution in [2.24, 2.45) is 0 Å². The van der Waals surface area contributed by atoms with Gasteiger partial charge in [-0.05, 0) is 58.5 Å². The van der Waals surface area contributed by atoms with Gasteiger partial charge >= 0.3 is 0 Å². The van der Waals surface area contributed by atoms with Crippen LogP contribution in [0.5, 0.6) is 0 Å². The zero-order chi connectivity index (χ0) is 28.0. The van der Waals surface area contributed by atoms with Crippen molar-refractivity contribution in [2.75, 3.05) is 0 Å². The van der Waals surface area contributed by atoms with E-state index in [1.165, 1.54) is 32.9 Å². The Balaban J connectivity index is 0.000000228. The van der Waals surface area contributed by atoms with Gasteiger partial charge in [0.25, 0.3) is 0 Å². The fourth-order valence-corrected chi connectivity index (χ4v) is 5.35. The Morgan fingerprint density at radius 3 is 2.17 bits per heavy atom. The van der Waals surface area contributed by atoms with Gasteiger partial charge in [-0.1, -0.05) is 79.0 Å². The van der Waals surface area contributed by atoms with Crippen molar-refractivity contribution in [1.29, 1.82) is 0 Å². The Kier molecular flexibility index (Phi) is 9.38. The number of hydrogen-bond acceptors (Lipinski definition) is 2. The van der Waals surface area contributed by atoms with E-state index < -0.39 is 0 Å². The summed E-state index contributed by atoms with van der Waals surface area (Å²) in [5.41, 5.74) is 9.11. The van der Waals surface area contributed by atoms with E-state index >= 15 is 0 Å². The number of pyridine rings is 2. The van der Waals surface area contributed by atoms with Gasteiger partial charge in [0.2, 0.25) is 0 Å². The van der Waals surface area contributed by atoms with Gasteiger partial charge in [-0.2, -0.15) is 0 Å². The monoisotopic (exact) mass is 722 g/mol. The molecule has 3 heterocycles. The average molecular weight is 722 g/mol. The van der Waals surface area contributed by atoms with Crippen molar-refractivity contribution >= 4 is 21.8 Å². The summed E-state index contributed by atoms with van der Waals surface area (Å²) in [5.74, 6) is 0.323. The maximum absolute atomic E-state index is 4.66. The van der Waals surface area contributed by atoms with Gasteiger partial charge in [-0.15, -0.1) is 59.7 Å². The van der Waals surface area contributed by atoms with Crippen LogP contribution < -0.4 is 0 Å². The molecule has 0 N–H and O–H groups in total. The second-order valence-electron chi connectivity index (χ2n) is 10.0. The molecule has 0 aliphatic heterocycles. The summed E-state index contributed by atoms with van der Waals surface area (Å²) in [6.07, 6.45) is 3.70. The van der Waals surface area contributed by atoms with E-state index in [2.05, 4.69) is 119 Å². The molecule has 1 atom stereocenters. The summed E-state index contributed by atoms with van der Waals surface area (Å²) in [6, 6.07) is 48.2. The van der Waals surface area contributed by atoms with E-state index in [0.29, 0.717) is 5.92 Å². The van der Waals surface area contributed by atoms with E-state index in [4.69, 9.17) is 0 Å². The second kappa shape index (κ2) is 13.5. The number of fused-ring (bicyclic) bond motifs is 3. The molecular formula is C38H31IrN3-2. The summed E-state index contributed by atoms with van der Waals surface area (Å²) in [6.45, 7) is 5.38. The van der Waals surface area contributed by atoms with Gasteiger partial charge in [-0.25, -0.2) is 0 Å². The zero-order valence-corrected chi connectivity index (χ0v) is 26.1. The first-order valence-electron chi connectivity index (χ1n) is 14.0. The Hall–Kier alpha value is -4.37. The maximum Gasteiger partial charge on any atom is 0.0391 e. The molecule has 7 aromatic rings. The van der Waals surface area contributed by atoms with E-state index in [9.17, 15) is 0 Å². The fraction of sp³-hybridized carbons (Fsp3) is 0.105. The van der Waals surface area contributed by atoms with Crippen LogP contribution in [-0.2, 0) is 26.7 Å². The van der Waals surface area contributed by atoms with Gasteiger partial charge in [-0.3, -0.25) is 0 Å². The zero-order valence-electron chi connectivity index (χ0n) is 23.7. The largest absolute Gasteiger partial charge is 0.381 e. The summed E-state index contributed by atoms with van der Waals surface area (Å²) < 4.78 is 2.35. The average Bonchev–Trinajstić information content (AvgIpc) is 3.39. The number of aryl methyl sites for hydroxylation is 1. The second-order valence-corrected chi connectivity index (χ2v) is 10.0. The van der Waals surface area contributed by atoms with Crippen molar-refractivity contribution in [1.82, 2.24) is 14.5 Å². The third kappa shape index (κ3) is 6.11. The third-order valence-corrected chi connectivity index (χ3v) is 7.53. The van der Waals surface area contributed by atoms with E-state index in [0.717, 1.165) is 29.1 Å². The number of aromatic nitrogens is 3. The molecule has 0 amide bonds. The standard InChI is InChI=1S/C27H23N2.C11H8N.Ir/c1-3-29-26-12-8-7-11-23(26)24-17-22(13-14-27(24)29)25-18-21(15-16-28-25)19(2)20-9-5-4-6-10-20;1-2-6-10(7-3-1)11-8-4-5-9-12-11;/h4-12,14-19H,3H2,1-2H3;1-6,8-9H;/q2*-1;. The van der Waals surface area contributed by atoms with Gasteiger partial charge < -0.3 is 14.5 Å². The SMILES string of the molecule is CCn1c2c[c-]c(-c3cc(C(C)c4ccccc4)ccn3)cc2c2ccccc21.[Ir].[c-]1ccccc1-c1ccccn1. The van der Waals surface area contributed by atoms with E-state index in [1.807, 2.05) is 48.7 Å². The molecule has 1 radical (unpaired) electrons. The minimum Gasteiger partial charge on any atom is -0.381 e. The number of nitrogens with zero attached hydrogens (tertiary/aromatic N) is 3. The number of benzene rings is 4. The predicted octanol–water partition coefficient (Wildman–Crippen LogP) is 9.37. The van der Waals surface area contributed by atoms with Gasteiger partial charge in [0, 0.05) is 50.5 Å². The first-order valence-corrected chi connectivity index (χ1v) is 14.0. The Morgan fingerprint density at radius 1 is 0.643 bits per heavy atom. The maximum atomic E-state index is 4.66. The van der Waals surface area contributed by atoms with E-state index in [1.54, 1.807) is 6.20 Å². The van der Waals surface area contributed by atoms with Crippen LogP contribution in [0.4, 0.5) is 0 Å². The van der Waals surface area contributed by atoms with Crippen molar-refractivity contribution in [3.8, 4) is 22.5 Å². The van der Waals surface area contributed by atoms with Crippen LogP contribution in [0.15, 0.2) is 134 Å². The molecule has 3 aromatic heterocycles. The van der Waals surface area contributed by atoms with Crippen LogP contribution >= 0.6 is 0 Å². The molecule has 0 aliphatic rings. The van der Waals surface area contributed by atoms with Gasteiger partial charge in [0.15, 0.2) is 0 Å². The third-order valence-electron chi connectivity index (χ3n) is 7.53. The van der Waals surface area contributed by atoms with Crippen LogP contribution in [0, 0.1) is 12.1 Å². The van der Waals surface area contributed by atoms with Crippen molar-refractivity contribution in [2.45, 2.75) is 26.3 Å². The molecule has 0 saturated heterocycles. The first kappa shape index (κ1) is 29.1. The molecular weight excluding hydrogens is 691 g/mol. The van der Waals surface area contributed by atoms with Gasteiger partial charge in [0.1, 0.15) is 0 Å². The Bertz CT molecular complexity index is 1840. The van der Waals surface area contributed by atoms with Crippen LogP contribution in [0.25, 0.3) is 44.3 Å². The van der Waals surface area contributed by atoms with Crippen LogP contribution in [-0.4, -0.2) is 14.5 Å². The molecule has 0 saturated carbocycles. The first-order chi connectivity index (χ1) is 20.2.